The molecule has 0 aliphatic carbocycles. The van der Waals surface area contributed by atoms with E-state index in [2.05, 4.69) is 4.72 Å². The number of hydrogen-bond donors (Lipinski definition) is 1. The lowest BCUT2D eigenvalue weighted by Gasteiger charge is -2.23. The van der Waals surface area contributed by atoms with Gasteiger partial charge in [0.2, 0.25) is 20.0 Å². The van der Waals surface area contributed by atoms with Gasteiger partial charge in [-0.3, -0.25) is 0 Å². The van der Waals surface area contributed by atoms with Gasteiger partial charge >= 0.3 is 0 Å². The monoisotopic (exact) mass is 536 g/mol. The first-order chi connectivity index (χ1) is 16.6. The third-order valence-corrected chi connectivity index (χ3v) is 9.32. The number of hydrogen-bond acceptors (Lipinski definition) is 5. The molecule has 3 aromatic rings. The van der Waals surface area contributed by atoms with Crippen LogP contribution < -0.4 is 9.46 Å². The van der Waals surface area contributed by atoms with Gasteiger partial charge in [0.25, 0.3) is 0 Å². The number of sulfonamides is 2. The molecule has 0 bridgehead atoms. The summed E-state index contributed by atoms with van der Waals surface area (Å²) < 4.78 is 61.7. The Kier molecular flexibility index (Phi) is 8.95. The molecule has 1 atom stereocenters. The SMILES string of the molecule is CC[C@@H](C)NS(=O)(=O)c1ccc(S(=O)(=O)N(Cc2cccc(OC)c2)Cc2ccccc2Cl)cc1. The van der Waals surface area contributed by atoms with Gasteiger partial charge in [-0.05, 0) is 66.9 Å². The highest BCUT2D eigenvalue weighted by molar-refractivity contribution is 7.89. The summed E-state index contributed by atoms with van der Waals surface area (Å²) in [6, 6.07) is 19.2. The second kappa shape index (κ2) is 11.5. The van der Waals surface area contributed by atoms with Gasteiger partial charge in [0.15, 0.2) is 0 Å². The average Bonchev–Trinajstić information content (AvgIpc) is 2.84. The predicted molar refractivity (Wildman–Crippen MR) is 137 cm³/mol. The van der Waals surface area contributed by atoms with Gasteiger partial charge < -0.3 is 4.74 Å². The Hall–Kier alpha value is -2.43. The third kappa shape index (κ3) is 6.83. The van der Waals surface area contributed by atoms with Crippen LogP contribution in [0, 0.1) is 0 Å². The molecule has 0 aliphatic rings. The maximum absolute atomic E-state index is 13.7. The van der Waals surface area contributed by atoms with Crippen molar-refractivity contribution < 1.29 is 21.6 Å². The van der Waals surface area contributed by atoms with Crippen molar-refractivity contribution in [2.45, 2.75) is 49.2 Å². The Balaban J connectivity index is 1.97. The number of methoxy groups -OCH3 is 1. The summed E-state index contributed by atoms with van der Waals surface area (Å²) in [5.41, 5.74) is 1.38. The van der Waals surface area contributed by atoms with Crippen LogP contribution in [-0.2, 0) is 33.1 Å². The van der Waals surface area contributed by atoms with Gasteiger partial charge in [0.05, 0.1) is 16.9 Å². The van der Waals surface area contributed by atoms with Gasteiger partial charge in [-0.1, -0.05) is 48.9 Å². The van der Waals surface area contributed by atoms with Crippen LogP contribution in [0.1, 0.15) is 31.4 Å². The molecule has 0 heterocycles. The lowest BCUT2D eigenvalue weighted by Crippen LogP contribution is -2.32. The topological polar surface area (TPSA) is 92.8 Å². The number of nitrogens with zero attached hydrogens (tertiary/aromatic N) is 1. The maximum atomic E-state index is 13.7. The summed E-state index contributed by atoms with van der Waals surface area (Å²) in [6.07, 6.45) is 0.632. The Morgan fingerprint density at radius 3 is 2.20 bits per heavy atom. The lowest BCUT2D eigenvalue weighted by atomic mass is 10.2. The molecule has 0 fully saturated rings. The van der Waals surface area contributed by atoms with Crippen molar-refractivity contribution in [1.29, 1.82) is 0 Å². The van der Waals surface area contributed by atoms with Gasteiger partial charge in [-0.2, -0.15) is 4.31 Å². The van der Waals surface area contributed by atoms with E-state index in [1.165, 1.54) is 28.6 Å². The zero-order valence-corrected chi connectivity index (χ0v) is 22.2. The van der Waals surface area contributed by atoms with E-state index >= 15 is 0 Å². The summed E-state index contributed by atoms with van der Waals surface area (Å²) in [5.74, 6) is 0.612. The normalized spacial score (nSPS) is 13.1. The Morgan fingerprint density at radius 2 is 1.57 bits per heavy atom. The molecule has 0 spiro atoms. The van der Waals surface area contributed by atoms with Gasteiger partial charge in [0.1, 0.15) is 5.75 Å². The molecular weight excluding hydrogens is 508 g/mol. The summed E-state index contributed by atoms with van der Waals surface area (Å²) in [6.45, 7) is 3.75. The molecule has 35 heavy (non-hydrogen) atoms. The minimum Gasteiger partial charge on any atom is -0.497 e. The van der Waals surface area contributed by atoms with Crippen LogP contribution in [0.15, 0.2) is 82.6 Å². The summed E-state index contributed by atoms with van der Waals surface area (Å²) >= 11 is 6.32. The van der Waals surface area contributed by atoms with Crippen LogP contribution in [0.3, 0.4) is 0 Å². The fourth-order valence-corrected chi connectivity index (χ4v) is 6.30. The van der Waals surface area contributed by atoms with Crippen molar-refractivity contribution in [3.05, 3.63) is 88.9 Å². The minimum atomic E-state index is -4.01. The maximum Gasteiger partial charge on any atom is 0.243 e. The molecule has 0 aliphatic heterocycles. The number of ether oxygens (including phenoxy) is 1. The van der Waals surface area contributed by atoms with Crippen LogP contribution in [0.25, 0.3) is 0 Å². The first kappa shape index (κ1) is 27.2. The average molecular weight is 537 g/mol. The Bertz CT molecular complexity index is 1360. The van der Waals surface area contributed by atoms with Crippen molar-refractivity contribution in [2.75, 3.05) is 7.11 Å². The van der Waals surface area contributed by atoms with Gasteiger partial charge in [-0.15, -0.1) is 0 Å². The molecule has 3 aromatic carbocycles. The van der Waals surface area contributed by atoms with Crippen LogP contribution in [0.2, 0.25) is 5.02 Å². The Morgan fingerprint density at radius 1 is 0.914 bits per heavy atom. The first-order valence-corrected chi connectivity index (χ1v) is 14.4. The highest BCUT2D eigenvalue weighted by Gasteiger charge is 2.27. The first-order valence-electron chi connectivity index (χ1n) is 11.1. The molecule has 188 valence electrons. The van der Waals surface area contributed by atoms with Crippen molar-refractivity contribution in [2.24, 2.45) is 0 Å². The molecule has 0 saturated carbocycles. The quantitative estimate of drug-likeness (QED) is 0.379. The molecule has 10 heteroatoms. The fourth-order valence-electron chi connectivity index (χ4n) is 3.37. The summed E-state index contributed by atoms with van der Waals surface area (Å²) in [7, 11) is -6.21. The zero-order valence-electron chi connectivity index (χ0n) is 19.8. The standard InChI is InChI=1S/C25H29ClN2O5S2/c1-4-19(2)27-34(29,30)23-12-14-24(15-13-23)35(31,32)28(18-21-9-5-6-11-25(21)26)17-20-8-7-10-22(16-20)33-3/h5-16,19,27H,4,17-18H2,1-3H3/t19-/m1/s1. The fraction of sp³-hybridized carbons (Fsp3) is 0.280. The van der Waals surface area contributed by atoms with E-state index in [4.69, 9.17) is 16.3 Å². The van der Waals surface area contributed by atoms with E-state index in [9.17, 15) is 16.8 Å². The van der Waals surface area contributed by atoms with Crippen molar-refractivity contribution in [1.82, 2.24) is 9.03 Å². The molecule has 0 amide bonds. The van der Waals surface area contributed by atoms with Crippen LogP contribution >= 0.6 is 11.6 Å². The largest absolute Gasteiger partial charge is 0.497 e. The second-order valence-electron chi connectivity index (χ2n) is 8.12. The van der Waals surface area contributed by atoms with Crippen LogP contribution in [-0.4, -0.2) is 34.3 Å². The van der Waals surface area contributed by atoms with Crippen LogP contribution in [0.4, 0.5) is 0 Å². The summed E-state index contributed by atoms with van der Waals surface area (Å²) in [4.78, 5) is -0.0165. The zero-order chi connectivity index (χ0) is 25.6. The Labute approximate surface area is 212 Å². The predicted octanol–water partition coefficient (Wildman–Crippen LogP) is 4.82. The van der Waals surface area contributed by atoms with E-state index in [0.717, 1.165) is 5.56 Å². The molecule has 1 N–H and O–H groups in total. The highest BCUT2D eigenvalue weighted by Crippen LogP contribution is 2.26. The van der Waals surface area contributed by atoms with E-state index < -0.39 is 20.0 Å². The second-order valence-corrected chi connectivity index (χ2v) is 12.2. The van der Waals surface area contributed by atoms with E-state index in [1.54, 1.807) is 56.5 Å². The number of nitrogens with one attached hydrogen (secondary N) is 1. The van der Waals surface area contributed by atoms with Gasteiger partial charge in [0, 0.05) is 24.2 Å². The minimum absolute atomic E-state index is 0.00204. The van der Waals surface area contributed by atoms with Gasteiger partial charge in [-0.25, -0.2) is 21.6 Å². The van der Waals surface area contributed by atoms with Crippen molar-refractivity contribution in [3.63, 3.8) is 0 Å². The van der Waals surface area contributed by atoms with E-state index in [1.807, 2.05) is 13.0 Å². The molecule has 0 unspecified atom stereocenters. The van der Waals surface area contributed by atoms with Crippen molar-refractivity contribution in [3.8, 4) is 5.75 Å². The summed E-state index contributed by atoms with van der Waals surface area (Å²) in [5, 5.41) is 0.455. The molecule has 0 saturated heterocycles. The van der Waals surface area contributed by atoms with Crippen molar-refractivity contribution >= 4 is 31.6 Å². The van der Waals surface area contributed by atoms with Crippen LogP contribution in [0.5, 0.6) is 5.75 Å². The number of benzene rings is 3. The highest BCUT2D eigenvalue weighted by atomic mass is 35.5. The smallest absolute Gasteiger partial charge is 0.243 e. The van der Waals surface area contributed by atoms with E-state index in [0.29, 0.717) is 22.8 Å². The number of halogens is 1. The lowest BCUT2D eigenvalue weighted by molar-refractivity contribution is 0.395. The molecule has 0 radical (unpaired) electrons. The molecule has 3 rings (SSSR count). The molecule has 0 aromatic heterocycles. The van der Waals surface area contributed by atoms with E-state index in [-0.39, 0.29) is 28.9 Å². The third-order valence-electron chi connectivity index (χ3n) is 5.54. The molecular formula is C25H29ClN2O5S2. The number of rotatable bonds is 11. The molecule has 7 nitrogen and oxygen atoms in total.